The Morgan fingerprint density at radius 3 is 2.85 bits per heavy atom. The fourth-order valence-corrected chi connectivity index (χ4v) is 2.10. The first-order valence-electron chi connectivity index (χ1n) is 7.92. The molecule has 0 heterocycles. The normalized spacial score (nSPS) is 10.3. The quantitative estimate of drug-likeness (QED) is 0.336. The highest BCUT2D eigenvalue weighted by Gasteiger charge is 2.04. The van der Waals surface area contributed by atoms with Crippen molar-refractivity contribution in [2.75, 3.05) is 11.9 Å². The molecule has 0 spiro atoms. The van der Waals surface area contributed by atoms with E-state index in [1.807, 2.05) is 6.07 Å². The molecule has 26 heavy (non-hydrogen) atoms. The summed E-state index contributed by atoms with van der Waals surface area (Å²) in [4.78, 5) is 22.3. The van der Waals surface area contributed by atoms with Gasteiger partial charge in [0.2, 0.25) is 5.91 Å². The average Bonchev–Trinajstić information content (AvgIpc) is 2.64. The highest BCUT2D eigenvalue weighted by atomic mass is 16.6. The number of nitrogens with zero attached hydrogens (tertiary/aromatic N) is 2. The number of benzene rings is 2. The summed E-state index contributed by atoms with van der Waals surface area (Å²) in [5, 5.41) is 21.9. The summed E-state index contributed by atoms with van der Waals surface area (Å²) in [5.41, 5.74) is 1.09. The van der Waals surface area contributed by atoms with Gasteiger partial charge in [0.1, 0.15) is 5.75 Å². The third-order valence-corrected chi connectivity index (χ3v) is 3.31. The molecule has 0 saturated heterocycles. The van der Waals surface area contributed by atoms with Gasteiger partial charge in [0.15, 0.2) is 0 Å². The molecule has 1 N–H and O–H groups in total. The van der Waals surface area contributed by atoms with E-state index in [0.29, 0.717) is 36.4 Å². The van der Waals surface area contributed by atoms with Gasteiger partial charge in [0, 0.05) is 36.4 Å². The molecule has 0 fully saturated rings. The van der Waals surface area contributed by atoms with Crippen molar-refractivity contribution in [3.63, 3.8) is 0 Å². The largest absolute Gasteiger partial charge is 0.493 e. The van der Waals surface area contributed by atoms with Crippen LogP contribution in [0, 0.1) is 21.4 Å². The molecule has 0 bridgehead atoms. The van der Waals surface area contributed by atoms with Crippen LogP contribution in [0.15, 0.2) is 54.6 Å². The van der Waals surface area contributed by atoms with Gasteiger partial charge >= 0.3 is 0 Å². The van der Waals surface area contributed by atoms with Gasteiger partial charge in [-0.15, -0.1) is 0 Å². The number of hydrogen-bond donors (Lipinski definition) is 1. The molecule has 0 aliphatic rings. The number of carbonyl (C=O) groups is 1. The lowest BCUT2D eigenvalue weighted by Gasteiger charge is -2.07. The van der Waals surface area contributed by atoms with Crippen molar-refractivity contribution in [2.45, 2.75) is 12.8 Å². The second-order valence-corrected chi connectivity index (χ2v) is 5.31. The number of nitro benzene ring substituents is 1. The SMILES string of the molecule is N#CCCCOc1cccc(NC(=O)/C=C/c2cccc([N+](=O)[O-])c2)c1. The maximum atomic E-state index is 12.0. The molecule has 0 radical (unpaired) electrons. The molecule has 132 valence electrons. The Hall–Kier alpha value is -3.66. The molecule has 7 nitrogen and oxygen atoms in total. The Morgan fingerprint density at radius 2 is 2.08 bits per heavy atom. The lowest BCUT2D eigenvalue weighted by molar-refractivity contribution is -0.384. The van der Waals surface area contributed by atoms with Crippen molar-refractivity contribution >= 4 is 23.4 Å². The van der Waals surface area contributed by atoms with Crippen molar-refractivity contribution in [1.82, 2.24) is 0 Å². The summed E-state index contributed by atoms with van der Waals surface area (Å²) in [6.07, 6.45) is 3.88. The second-order valence-electron chi connectivity index (χ2n) is 5.31. The van der Waals surface area contributed by atoms with Crippen LogP contribution < -0.4 is 10.1 Å². The number of amides is 1. The van der Waals surface area contributed by atoms with Crippen molar-refractivity contribution in [1.29, 1.82) is 5.26 Å². The van der Waals surface area contributed by atoms with Gasteiger partial charge in [-0.3, -0.25) is 14.9 Å². The number of non-ortho nitro benzene ring substituents is 1. The summed E-state index contributed by atoms with van der Waals surface area (Å²) >= 11 is 0. The summed E-state index contributed by atoms with van der Waals surface area (Å²) in [7, 11) is 0. The van der Waals surface area contributed by atoms with Gasteiger partial charge in [-0.1, -0.05) is 18.2 Å². The zero-order valence-corrected chi connectivity index (χ0v) is 13.9. The highest BCUT2D eigenvalue weighted by Crippen LogP contribution is 2.18. The Morgan fingerprint density at radius 1 is 1.27 bits per heavy atom. The third kappa shape index (κ3) is 6.09. The van der Waals surface area contributed by atoms with Crippen LogP contribution in [-0.4, -0.2) is 17.4 Å². The lowest BCUT2D eigenvalue weighted by atomic mass is 10.2. The fraction of sp³-hybridized carbons (Fsp3) is 0.158. The Labute approximate surface area is 150 Å². The number of anilines is 1. The Bertz CT molecular complexity index is 856. The monoisotopic (exact) mass is 351 g/mol. The lowest BCUT2D eigenvalue weighted by Crippen LogP contribution is -2.08. The Balaban J connectivity index is 1.94. The number of nitriles is 1. The molecular weight excluding hydrogens is 334 g/mol. The number of rotatable bonds is 8. The molecular formula is C19H17N3O4. The number of nitro groups is 1. The highest BCUT2D eigenvalue weighted by molar-refractivity contribution is 6.02. The van der Waals surface area contributed by atoms with Crippen molar-refractivity contribution < 1.29 is 14.5 Å². The van der Waals surface area contributed by atoms with Crippen LogP contribution in [0.25, 0.3) is 6.08 Å². The third-order valence-electron chi connectivity index (χ3n) is 3.31. The number of unbranched alkanes of at least 4 members (excludes halogenated alkanes) is 1. The molecule has 0 saturated carbocycles. The fourth-order valence-electron chi connectivity index (χ4n) is 2.10. The molecule has 0 aliphatic heterocycles. The summed E-state index contributed by atoms with van der Waals surface area (Å²) < 4.78 is 5.51. The van der Waals surface area contributed by atoms with E-state index >= 15 is 0 Å². The summed E-state index contributed by atoms with van der Waals surface area (Å²) in [5.74, 6) is 0.238. The molecule has 2 rings (SSSR count). The van der Waals surface area contributed by atoms with E-state index in [1.54, 1.807) is 36.4 Å². The van der Waals surface area contributed by atoms with E-state index < -0.39 is 4.92 Å². The van der Waals surface area contributed by atoms with Gasteiger partial charge in [-0.05, 0) is 30.2 Å². The predicted molar refractivity (Wildman–Crippen MR) is 97.5 cm³/mol. The van der Waals surface area contributed by atoms with Gasteiger partial charge in [0.25, 0.3) is 5.69 Å². The van der Waals surface area contributed by atoms with E-state index in [1.165, 1.54) is 24.3 Å². The zero-order valence-electron chi connectivity index (χ0n) is 13.9. The van der Waals surface area contributed by atoms with Crippen LogP contribution in [0.1, 0.15) is 18.4 Å². The van der Waals surface area contributed by atoms with E-state index in [2.05, 4.69) is 5.32 Å². The average molecular weight is 351 g/mol. The standard InChI is InChI=1S/C19H17N3O4/c20-11-1-2-12-26-18-8-4-6-16(14-18)21-19(23)10-9-15-5-3-7-17(13-15)22(24)25/h3-10,13-14H,1-2,12H2,(H,21,23)/b10-9+. The first-order valence-corrected chi connectivity index (χ1v) is 7.92. The summed E-state index contributed by atoms with van der Waals surface area (Å²) in [6.45, 7) is 0.428. The minimum atomic E-state index is -0.487. The van der Waals surface area contributed by atoms with Gasteiger partial charge in [-0.2, -0.15) is 5.26 Å². The molecule has 0 aromatic heterocycles. The van der Waals surface area contributed by atoms with E-state index in [4.69, 9.17) is 10.00 Å². The Kier molecular flexibility index (Phi) is 6.89. The van der Waals surface area contributed by atoms with Crippen molar-refractivity contribution in [3.8, 4) is 11.8 Å². The minimum Gasteiger partial charge on any atom is -0.493 e. The first kappa shape index (κ1) is 18.7. The van der Waals surface area contributed by atoms with Crippen LogP contribution in [-0.2, 0) is 4.79 Å². The zero-order chi connectivity index (χ0) is 18.8. The molecule has 2 aromatic rings. The van der Waals surface area contributed by atoms with Crippen LogP contribution in [0.3, 0.4) is 0 Å². The second kappa shape index (κ2) is 9.59. The van der Waals surface area contributed by atoms with E-state index in [9.17, 15) is 14.9 Å². The van der Waals surface area contributed by atoms with Crippen LogP contribution in [0.4, 0.5) is 11.4 Å². The van der Waals surface area contributed by atoms with Gasteiger partial charge < -0.3 is 10.1 Å². The van der Waals surface area contributed by atoms with Crippen LogP contribution >= 0.6 is 0 Å². The maximum absolute atomic E-state index is 12.0. The van der Waals surface area contributed by atoms with E-state index in [0.717, 1.165) is 0 Å². The number of ether oxygens (including phenoxy) is 1. The number of hydrogen-bond acceptors (Lipinski definition) is 5. The molecule has 7 heteroatoms. The van der Waals surface area contributed by atoms with Gasteiger partial charge in [-0.25, -0.2) is 0 Å². The number of nitrogens with one attached hydrogen (secondary N) is 1. The molecule has 1 amide bonds. The van der Waals surface area contributed by atoms with Crippen molar-refractivity contribution in [2.24, 2.45) is 0 Å². The summed E-state index contributed by atoms with van der Waals surface area (Å²) in [6, 6.07) is 15.0. The topological polar surface area (TPSA) is 105 Å². The van der Waals surface area contributed by atoms with E-state index in [-0.39, 0.29) is 11.6 Å². The maximum Gasteiger partial charge on any atom is 0.270 e. The molecule has 2 aromatic carbocycles. The molecule has 0 unspecified atom stereocenters. The molecule has 0 atom stereocenters. The van der Waals surface area contributed by atoms with Crippen LogP contribution in [0.5, 0.6) is 5.75 Å². The van der Waals surface area contributed by atoms with Gasteiger partial charge in [0.05, 0.1) is 17.6 Å². The van der Waals surface area contributed by atoms with Crippen LogP contribution in [0.2, 0.25) is 0 Å². The first-order chi connectivity index (χ1) is 12.6. The molecule has 0 aliphatic carbocycles. The number of carbonyl (C=O) groups excluding carboxylic acids is 1. The van der Waals surface area contributed by atoms with Crippen molar-refractivity contribution in [3.05, 3.63) is 70.3 Å². The predicted octanol–water partition coefficient (Wildman–Crippen LogP) is 3.93. The smallest absolute Gasteiger partial charge is 0.270 e. The minimum absolute atomic E-state index is 0.0335.